The first kappa shape index (κ1) is 15.8. The third-order valence-corrected chi connectivity index (χ3v) is 3.42. The van der Waals surface area contributed by atoms with E-state index in [1.165, 1.54) is 0 Å². The summed E-state index contributed by atoms with van der Waals surface area (Å²) in [7, 11) is 0. The molecular formula is C11H18BrF2NO3. The van der Waals surface area contributed by atoms with Gasteiger partial charge in [0.1, 0.15) is 6.61 Å². The molecule has 1 aliphatic rings. The molecular weight excluding hydrogens is 312 g/mol. The van der Waals surface area contributed by atoms with Gasteiger partial charge in [0, 0.05) is 11.9 Å². The SMILES string of the molecule is CC1COC(CBr)CN1C(=O)CCOCC(F)F. The molecule has 0 aromatic heterocycles. The van der Waals surface area contributed by atoms with E-state index in [2.05, 4.69) is 15.9 Å². The monoisotopic (exact) mass is 329 g/mol. The Balaban J connectivity index is 2.30. The Hall–Kier alpha value is -0.270. The average Bonchev–Trinajstić information content (AvgIpc) is 2.34. The third-order valence-electron chi connectivity index (χ3n) is 2.70. The van der Waals surface area contributed by atoms with Crippen molar-refractivity contribution >= 4 is 21.8 Å². The molecule has 18 heavy (non-hydrogen) atoms. The fourth-order valence-electron chi connectivity index (χ4n) is 1.73. The Morgan fingerprint density at radius 2 is 2.33 bits per heavy atom. The van der Waals surface area contributed by atoms with E-state index in [9.17, 15) is 13.6 Å². The number of carbonyl (C=O) groups is 1. The lowest BCUT2D eigenvalue weighted by atomic mass is 10.2. The third kappa shape index (κ3) is 5.16. The lowest BCUT2D eigenvalue weighted by Gasteiger charge is -2.37. The minimum absolute atomic E-state index is 0.00728. The van der Waals surface area contributed by atoms with E-state index in [1.807, 2.05) is 6.92 Å². The Bertz CT molecular complexity index is 269. The number of nitrogens with zero attached hydrogens (tertiary/aromatic N) is 1. The molecule has 0 bridgehead atoms. The smallest absolute Gasteiger partial charge is 0.261 e. The lowest BCUT2D eigenvalue weighted by molar-refractivity contribution is -0.144. The maximum atomic E-state index is 11.9. The second-order valence-corrected chi connectivity index (χ2v) is 4.87. The van der Waals surface area contributed by atoms with Gasteiger partial charge < -0.3 is 14.4 Å². The van der Waals surface area contributed by atoms with Crippen molar-refractivity contribution in [3.05, 3.63) is 0 Å². The van der Waals surface area contributed by atoms with Crippen molar-refractivity contribution in [2.24, 2.45) is 0 Å². The van der Waals surface area contributed by atoms with Crippen molar-refractivity contribution in [1.29, 1.82) is 0 Å². The van der Waals surface area contributed by atoms with Crippen molar-refractivity contribution in [3.8, 4) is 0 Å². The summed E-state index contributed by atoms with van der Waals surface area (Å²) in [6, 6.07) is 0.0166. The van der Waals surface area contributed by atoms with Crippen LogP contribution in [0.5, 0.6) is 0 Å². The number of amides is 1. The maximum absolute atomic E-state index is 11.9. The summed E-state index contributed by atoms with van der Waals surface area (Å²) >= 11 is 3.32. The van der Waals surface area contributed by atoms with Crippen molar-refractivity contribution in [2.45, 2.75) is 31.9 Å². The molecule has 1 amide bonds. The molecule has 0 spiro atoms. The van der Waals surface area contributed by atoms with Gasteiger partial charge in [0.2, 0.25) is 5.91 Å². The fraction of sp³-hybridized carbons (Fsp3) is 0.909. The molecule has 1 saturated heterocycles. The second kappa shape index (κ2) is 8.01. The Kier molecular flexibility index (Phi) is 7.03. The Morgan fingerprint density at radius 3 is 2.94 bits per heavy atom. The summed E-state index contributed by atoms with van der Waals surface area (Å²) < 4.78 is 33.9. The van der Waals surface area contributed by atoms with Crippen LogP contribution in [0, 0.1) is 0 Å². The van der Waals surface area contributed by atoms with Crippen molar-refractivity contribution in [2.75, 3.05) is 31.7 Å². The number of carbonyl (C=O) groups excluding carboxylic acids is 1. The highest BCUT2D eigenvalue weighted by Gasteiger charge is 2.28. The summed E-state index contributed by atoms with van der Waals surface area (Å²) in [4.78, 5) is 13.6. The number of ether oxygens (including phenoxy) is 2. The van der Waals surface area contributed by atoms with Crippen molar-refractivity contribution in [1.82, 2.24) is 4.90 Å². The van der Waals surface area contributed by atoms with Gasteiger partial charge in [0.25, 0.3) is 6.43 Å². The standard InChI is InChI=1S/C11H18BrF2NO3/c1-8-6-18-9(4-12)5-15(8)11(16)2-3-17-7-10(13)14/h8-10H,2-7H2,1H3. The largest absolute Gasteiger partial charge is 0.375 e. The van der Waals surface area contributed by atoms with Crippen LogP contribution >= 0.6 is 15.9 Å². The van der Waals surface area contributed by atoms with Gasteiger partial charge in [-0.25, -0.2) is 8.78 Å². The van der Waals surface area contributed by atoms with Gasteiger partial charge >= 0.3 is 0 Å². The van der Waals surface area contributed by atoms with Crippen LogP contribution < -0.4 is 0 Å². The van der Waals surface area contributed by atoms with Gasteiger partial charge in [-0.05, 0) is 6.92 Å². The number of halogens is 3. The first-order valence-electron chi connectivity index (χ1n) is 5.87. The lowest BCUT2D eigenvalue weighted by Crippen LogP contribution is -2.51. The van der Waals surface area contributed by atoms with E-state index in [4.69, 9.17) is 9.47 Å². The van der Waals surface area contributed by atoms with Crippen molar-refractivity contribution in [3.63, 3.8) is 0 Å². The molecule has 2 atom stereocenters. The van der Waals surface area contributed by atoms with Crippen LogP contribution in [0.1, 0.15) is 13.3 Å². The molecule has 0 N–H and O–H groups in total. The summed E-state index contributed by atoms with van der Waals surface area (Å²) in [5.41, 5.74) is 0. The van der Waals surface area contributed by atoms with Gasteiger partial charge in [-0.1, -0.05) is 15.9 Å². The molecule has 7 heteroatoms. The minimum atomic E-state index is -2.49. The molecule has 0 aromatic carbocycles. The molecule has 1 aliphatic heterocycles. The highest BCUT2D eigenvalue weighted by molar-refractivity contribution is 9.09. The van der Waals surface area contributed by atoms with E-state index in [0.717, 1.165) is 0 Å². The topological polar surface area (TPSA) is 38.8 Å². The van der Waals surface area contributed by atoms with Gasteiger partial charge in [-0.3, -0.25) is 4.79 Å². The van der Waals surface area contributed by atoms with Gasteiger partial charge in [0.05, 0.1) is 31.8 Å². The minimum Gasteiger partial charge on any atom is -0.375 e. The predicted octanol–water partition coefficient (Wildman–Crippen LogP) is 1.67. The average molecular weight is 330 g/mol. The Labute approximate surface area is 114 Å². The molecule has 0 aromatic rings. The van der Waals surface area contributed by atoms with Crippen LogP contribution in [-0.4, -0.2) is 61.1 Å². The molecule has 0 saturated carbocycles. The van der Waals surface area contributed by atoms with Crippen LogP contribution in [0.15, 0.2) is 0 Å². The zero-order valence-electron chi connectivity index (χ0n) is 10.3. The number of morpholine rings is 1. The van der Waals surface area contributed by atoms with Crippen LogP contribution in [0.2, 0.25) is 0 Å². The van der Waals surface area contributed by atoms with E-state index >= 15 is 0 Å². The van der Waals surface area contributed by atoms with Gasteiger partial charge in [0.15, 0.2) is 0 Å². The van der Waals surface area contributed by atoms with Crippen LogP contribution in [0.25, 0.3) is 0 Å². The van der Waals surface area contributed by atoms with Crippen LogP contribution in [-0.2, 0) is 14.3 Å². The molecule has 0 radical (unpaired) electrons. The first-order chi connectivity index (χ1) is 8.54. The highest BCUT2D eigenvalue weighted by Crippen LogP contribution is 2.14. The highest BCUT2D eigenvalue weighted by atomic mass is 79.9. The maximum Gasteiger partial charge on any atom is 0.261 e. The first-order valence-corrected chi connectivity index (χ1v) is 6.99. The van der Waals surface area contributed by atoms with E-state index in [-0.39, 0.29) is 31.1 Å². The summed E-state index contributed by atoms with van der Waals surface area (Å²) in [5, 5.41) is 0.672. The van der Waals surface area contributed by atoms with E-state index in [1.54, 1.807) is 4.90 Å². The number of hydrogen-bond donors (Lipinski definition) is 0. The van der Waals surface area contributed by atoms with Gasteiger partial charge in [-0.2, -0.15) is 0 Å². The van der Waals surface area contributed by atoms with Crippen molar-refractivity contribution < 1.29 is 23.0 Å². The van der Waals surface area contributed by atoms with Gasteiger partial charge in [-0.15, -0.1) is 0 Å². The molecule has 1 heterocycles. The van der Waals surface area contributed by atoms with E-state index in [0.29, 0.717) is 18.5 Å². The summed E-state index contributed by atoms with van der Waals surface area (Å²) in [6.07, 6.45) is -2.36. The molecule has 1 fully saturated rings. The number of hydrogen-bond acceptors (Lipinski definition) is 3. The Morgan fingerprint density at radius 1 is 1.61 bits per heavy atom. The van der Waals surface area contributed by atoms with Crippen LogP contribution in [0.4, 0.5) is 8.78 Å². The summed E-state index contributed by atoms with van der Waals surface area (Å²) in [5.74, 6) is -0.0778. The predicted molar refractivity (Wildman–Crippen MR) is 66.1 cm³/mol. The van der Waals surface area contributed by atoms with E-state index < -0.39 is 13.0 Å². The molecule has 1 rings (SSSR count). The van der Waals surface area contributed by atoms with Crippen LogP contribution in [0.3, 0.4) is 0 Å². The zero-order chi connectivity index (χ0) is 13.5. The zero-order valence-corrected chi connectivity index (χ0v) is 11.9. The number of alkyl halides is 3. The normalized spacial score (nSPS) is 24.6. The number of rotatable bonds is 6. The molecule has 2 unspecified atom stereocenters. The molecule has 4 nitrogen and oxygen atoms in total. The molecule has 0 aliphatic carbocycles. The summed E-state index contributed by atoms with van der Waals surface area (Å²) in [6.45, 7) is 2.35. The molecule has 106 valence electrons. The fourth-order valence-corrected chi connectivity index (χ4v) is 2.13. The quantitative estimate of drug-likeness (QED) is 0.549. The second-order valence-electron chi connectivity index (χ2n) is 4.22.